The maximum absolute atomic E-state index is 4.25. The molecule has 2 nitrogen and oxygen atoms in total. The Kier molecular flexibility index (Phi) is 6.95. The smallest absolute Gasteiger partial charge is 0.0311 e. The predicted molar refractivity (Wildman–Crippen MR) is 101 cm³/mol. The van der Waals surface area contributed by atoms with Crippen molar-refractivity contribution in [3.8, 4) is 0 Å². The van der Waals surface area contributed by atoms with E-state index in [9.17, 15) is 0 Å². The van der Waals surface area contributed by atoms with E-state index in [2.05, 4.69) is 62.3 Å². The molecule has 2 rings (SSSR count). The first-order valence-corrected chi connectivity index (χ1v) is 9.51. The van der Waals surface area contributed by atoms with Gasteiger partial charge in [0.2, 0.25) is 0 Å². The SMILES string of the molecule is C=C1CCCN1C1CCN(CC(/C=C\C)=C/C(C)C(C)C)CC1. The quantitative estimate of drug-likeness (QED) is 0.646. The minimum atomic E-state index is 0.645. The number of piperidine rings is 1. The topological polar surface area (TPSA) is 6.48 Å². The van der Waals surface area contributed by atoms with Crippen LogP contribution in [0.5, 0.6) is 0 Å². The molecule has 2 saturated heterocycles. The molecule has 0 amide bonds. The summed E-state index contributed by atoms with van der Waals surface area (Å²) in [6.45, 7) is 18.1. The Hall–Kier alpha value is -1.02. The second-order valence-corrected chi connectivity index (χ2v) is 7.72. The Morgan fingerprint density at radius 3 is 2.43 bits per heavy atom. The van der Waals surface area contributed by atoms with Crippen LogP contribution < -0.4 is 0 Å². The van der Waals surface area contributed by atoms with Crippen LogP contribution in [0.3, 0.4) is 0 Å². The predicted octanol–water partition coefficient (Wildman–Crippen LogP) is 4.85. The minimum absolute atomic E-state index is 0.645. The molecule has 23 heavy (non-hydrogen) atoms. The molecule has 2 heterocycles. The Morgan fingerprint density at radius 1 is 1.22 bits per heavy atom. The number of likely N-dealkylation sites (tertiary alicyclic amines) is 2. The lowest BCUT2D eigenvalue weighted by Gasteiger charge is -2.38. The van der Waals surface area contributed by atoms with Crippen molar-refractivity contribution in [2.75, 3.05) is 26.2 Å². The molecule has 2 aliphatic rings. The highest BCUT2D eigenvalue weighted by molar-refractivity contribution is 5.21. The molecule has 0 aromatic carbocycles. The number of hydrogen-bond donors (Lipinski definition) is 0. The lowest BCUT2D eigenvalue weighted by Crippen LogP contribution is -2.43. The normalized spacial score (nSPS) is 23.4. The number of allylic oxidation sites excluding steroid dienone is 3. The van der Waals surface area contributed by atoms with Crippen molar-refractivity contribution in [3.63, 3.8) is 0 Å². The first-order chi connectivity index (χ1) is 11.0. The average molecular weight is 317 g/mol. The van der Waals surface area contributed by atoms with E-state index in [0.717, 1.165) is 12.6 Å². The fourth-order valence-corrected chi connectivity index (χ4v) is 3.75. The highest BCUT2D eigenvalue weighted by Crippen LogP contribution is 2.27. The largest absolute Gasteiger partial charge is 0.372 e. The maximum atomic E-state index is 4.25. The molecule has 130 valence electrons. The second kappa shape index (κ2) is 8.73. The zero-order chi connectivity index (χ0) is 16.8. The molecular formula is C21H36N2. The third-order valence-corrected chi connectivity index (χ3v) is 5.58. The zero-order valence-corrected chi connectivity index (χ0v) is 15.7. The van der Waals surface area contributed by atoms with Crippen LogP contribution in [-0.4, -0.2) is 42.0 Å². The molecule has 0 spiro atoms. The van der Waals surface area contributed by atoms with Gasteiger partial charge >= 0.3 is 0 Å². The van der Waals surface area contributed by atoms with Gasteiger partial charge in [0.05, 0.1) is 0 Å². The summed E-state index contributed by atoms with van der Waals surface area (Å²) in [6, 6.07) is 0.741. The standard InChI is InChI=1S/C21H36N2/c1-6-8-20(15-18(4)17(2)3)16-22-13-10-21(11-14-22)23-12-7-9-19(23)5/h6,8,15,17-18,21H,5,7,9-14,16H2,1-4H3/b8-6-,20-15+. The van der Waals surface area contributed by atoms with Crippen molar-refractivity contribution < 1.29 is 0 Å². The highest BCUT2D eigenvalue weighted by atomic mass is 15.2. The van der Waals surface area contributed by atoms with E-state index in [1.165, 1.54) is 56.6 Å². The summed E-state index contributed by atoms with van der Waals surface area (Å²) in [5, 5.41) is 0. The molecule has 0 aromatic rings. The molecule has 2 fully saturated rings. The summed E-state index contributed by atoms with van der Waals surface area (Å²) < 4.78 is 0. The summed E-state index contributed by atoms with van der Waals surface area (Å²) in [5.41, 5.74) is 2.86. The van der Waals surface area contributed by atoms with E-state index < -0.39 is 0 Å². The summed E-state index contributed by atoms with van der Waals surface area (Å²) in [7, 11) is 0. The molecule has 0 radical (unpaired) electrons. The number of nitrogens with zero attached hydrogens (tertiary/aromatic N) is 2. The fraction of sp³-hybridized carbons (Fsp3) is 0.714. The number of rotatable bonds is 6. The van der Waals surface area contributed by atoms with Crippen molar-refractivity contribution >= 4 is 0 Å². The lowest BCUT2D eigenvalue weighted by atomic mass is 9.94. The van der Waals surface area contributed by atoms with Gasteiger partial charge in [0.15, 0.2) is 0 Å². The molecule has 0 aliphatic carbocycles. The second-order valence-electron chi connectivity index (χ2n) is 7.72. The summed E-state index contributed by atoms with van der Waals surface area (Å²) >= 11 is 0. The van der Waals surface area contributed by atoms with E-state index in [-0.39, 0.29) is 0 Å². The lowest BCUT2D eigenvalue weighted by molar-refractivity contribution is 0.151. The van der Waals surface area contributed by atoms with E-state index in [1.54, 1.807) is 0 Å². The van der Waals surface area contributed by atoms with E-state index in [1.807, 2.05) is 0 Å². The zero-order valence-electron chi connectivity index (χ0n) is 15.7. The molecule has 0 aromatic heterocycles. The van der Waals surface area contributed by atoms with Gasteiger partial charge in [0.25, 0.3) is 0 Å². The van der Waals surface area contributed by atoms with Crippen LogP contribution in [0.2, 0.25) is 0 Å². The molecule has 1 atom stereocenters. The maximum Gasteiger partial charge on any atom is 0.0311 e. The van der Waals surface area contributed by atoms with E-state index in [4.69, 9.17) is 0 Å². The van der Waals surface area contributed by atoms with Crippen molar-refractivity contribution in [2.45, 2.75) is 59.4 Å². The highest BCUT2D eigenvalue weighted by Gasteiger charge is 2.27. The molecule has 2 aliphatic heterocycles. The Balaban J connectivity index is 1.87. The summed E-state index contributed by atoms with van der Waals surface area (Å²) in [5.74, 6) is 1.36. The van der Waals surface area contributed by atoms with Crippen molar-refractivity contribution in [1.29, 1.82) is 0 Å². The summed E-state index contributed by atoms with van der Waals surface area (Å²) in [4.78, 5) is 5.22. The molecule has 0 saturated carbocycles. The van der Waals surface area contributed by atoms with Crippen LogP contribution in [0, 0.1) is 11.8 Å². The molecule has 2 heteroatoms. The average Bonchev–Trinajstić information content (AvgIpc) is 2.94. The Bertz CT molecular complexity index is 439. The fourth-order valence-electron chi connectivity index (χ4n) is 3.75. The Morgan fingerprint density at radius 2 is 1.91 bits per heavy atom. The van der Waals surface area contributed by atoms with Crippen molar-refractivity contribution in [1.82, 2.24) is 9.80 Å². The van der Waals surface area contributed by atoms with Crippen LogP contribution in [-0.2, 0) is 0 Å². The molecule has 0 N–H and O–H groups in total. The number of hydrogen-bond acceptors (Lipinski definition) is 2. The van der Waals surface area contributed by atoms with Gasteiger partial charge in [-0.1, -0.05) is 45.6 Å². The van der Waals surface area contributed by atoms with Crippen molar-refractivity contribution in [2.24, 2.45) is 11.8 Å². The van der Waals surface area contributed by atoms with E-state index in [0.29, 0.717) is 11.8 Å². The van der Waals surface area contributed by atoms with Gasteiger partial charge in [0, 0.05) is 37.9 Å². The van der Waals surface area contributed by atoms with Gasteiger partial charge in [0.1, 0.15) is 0 Å². The van der Waals surface area contributed by atoms with Crippen molar-refractivity contribution in [3.05, 3.63) is 36.1 Å². The van der Waals surface area contributed by atoms with Gasteiger partial charge in [-0.15, -0.1) is 0 Å². The first kappa shape index (κ1) is 18.3. The molecule has 1 unspecified atom stereocenters. The van der Waals surface area contributed by atoms with Gasteiger partial charge < -0.3 is 4.90 Å². The van der Waals surface area contributed by atoms with Gasteiger partial charge in [-0.3, -0.25) is 4.90 Å². The summed E-state index contributed by atoms with van der Waals surface area (Å²) in [6.07, 6.45) is 12.1. The Labute approximate surface area is 143 Å². The van der Waals surface area contributed by atoms with Crippen LogP contribution in [0.15, 0.2) is 36.1 Å². The monoisotopic (exact) mass is 316 g/mol. The van der Waals surface area contributed by atoms with Gasteiger partial charge in [-0.05, 0) is 50.0 Å². The van der Waals surface area contributed by atoms with Crippen LogP contribution in [0.1, 0.15) is 53.4 Å². The van der Waals surface area contributed by atoms with E-state index >= 15 is 0 Å². The third kappa shape index (κ3) is 5.24. The third-order valence-electron chi connectivity index (χ3n) is 5.58. The van der Waals surface area contributed by atoms with Crippen LogP contribution in [0.25, 0.3) is 0 Å². The first-order valence-electron chi connectivity index (χ1n) is 9.51. The molecule has 0 bridgehead atoms. The van der Waals surface area contributed by atoms with Crippen LogP contribution >= 0.6 is 0 Å². The minimum Gasteiger partial charge on any atom is -0.372 e. The van der Waals surface area contributed by atoms with Gasteiger partial charge in [-0.25, -0.2) is 0 Å². The molecular weight excluding hydrogens is 280 g/mol. The van der Waals surface area contributed by atoms with Crippen LogP contribution in [0.4, 0.5) is 0 Å². The van der Waals surface area contributed by atoms with Gasteiger partial charge in [-0.2, -0.15) is 0 Å².